The monoisotopic (exact) mass is 297 g/mol. The molecule has 1 saturated heterocycles. The highest BCUT2D eigenvalue weighted by molar-refractivity contribution is 5.78. The molecule has 4 heteroatoms. The van der Waals surface area contributed by atoms with E-state index >= 15 is 0 Å². The second kappa shape index (κ2) is 10.2. The van der Waals surface area contributed by atoms with Gasteiger partial charge in [0.2, 0.25) is 5.91 Å². The van der Waals surface area contributed by atoms with Crippen LogP contribution in [0.25, 0.3) is 0 Å². The Kier molecular flexibility index (Phi) is 8.93. The number of unbranched alkanes of at least 4 members (excludes halogenated alkanes) is 1. The minimum absolute atomic E-state index is 0.113. The molecule has 2 unspecified atom stereocenters. The Morgan fingerprint density at radius 2 is 1.90 bits per heavy atom. The average molecular weight is 297 g/mol. The zero-order valence-corrected chi connectivity index (χ0v) is 14.2. The summed E-state index contributed by atoms with van der Waals surface area (Å²) in [5.41, 5.74) is 5.75. The molecule has 0 bridgehead atoms. The molecule has 3 N–H and O–H groups in total. The number of hydrogen-bond donors (Lipinski definition) is 2. The molecule has 21 heavy (non-hydrogen) atoms. The van der Waals surface area contributed by atoms with Crippen LogP contribution in [0.15, 0.2) is 0 Å². The van der Waals surface area contributed by atoms with E-state index in [9.17, 15) is 4.79 Å². The zero-order valence-electron chi connectivity index (χ0n) is 14.2. The standard InChI is InChI=1S/C17H35N3O/c1-4-5-11-20-12-9-16(10-13-20)19-17(21)14(2)7-6-8-15(3)18/h14-16H,4-13,18H2,1-3H3,(H,19,21). The maximum absolute atomic E-state index is 12.2. The van der Waals surface area contributed by atoms with Crippen LogP contribution in [-0.4, -0.2) is 42.5 Å². The normalized spacial score (nSPS) is 20.2. The summed E-state index contributed by atoms with van der Waals surface area (Å²) in [6.45, 7) is 9.77. The molecule has 0 aromatic carbocycles. The summed E-state index contributed by atoms with van der Waals surface area (Å²) in [5, 5.41) is 3.24. The van der Waals surface area contributed by atoms with Crippen molar-refractivity contribution in [2.75, 3.05) is 19.6 Å². The molecule has 1 heterocycles. The van der Waals surface area contributed by atoms with Crippen molar-refractivity contribution in [3.05, 3.63) is 0 Å². The second-order valence-electron chi connectivity index (χ2n) is 6.79. The molecule has 1 aliphatic rings. The van der Waals surface area contributed by atoms with E-state index in [1.165, 1.54) is 19.4 Å². The van der Waals surface area contributed by atoms with E-state index in [1.807, 2.05) is 13.8 Å². The Balaban J connectivity index is 2.17. The molecular weight excluding hydrogens is 262 g/mol. The van der Waals surface area contributed by atoms with Gasteiger partial charge in [-0.25, -0.2) is 0 Å². The third kappa shape index (κ3) is 7.82. The van der Waals surface area contributed by atoms with Gasteiger partial charge in [0.05, 0.1) is 0 Å². The summed E-state index contributed by atoms with van der Waals surface area (Å²) in [5.74, 6) is 0.341. The van der Waals surface area contributed by atoms with E-state index in [0.29, 0.717) is 6.04 Å². The largest absolute Gasteiger partial charge is 0.353 e. The molecule has 0 spiro atoms. The zero-order chi connectivity index (χ0) is 15.7. The first-order valence-corrected chi connectivity index (χ1v) is 8.81. The highest BCUT2D eigenvalue weighted by atomic mass is 16.1. The fourth-order valence-corrected chi connectivity index (χ4v) is 2.90. The fourth-order valence-electron chi connectivity index (χ4n) is 2.90. The lowest BCUT2D eigenvalue weighted by Gasteiger charge is -2.32. The van der Waals surface area contributed by atoms with Gasteiger partial charge in [-0.3, -0.25) is 4.79 Å². The molecule has 0 aromatic rings. The van der Waals surface area contributed by atoms with Gasteiger partial charge in [-0.1, -0.05) is 26.7 Å². The third-order valence-corrected chi connectivity index (χ3v) is 4.51. The van der Waals surface area contributed by atoms with E-state index in [1.54, 1.807) is 0 Å². The second-order valence-corrected chi connectivity index (χ2v) is 6.79. The number of rotatable bonds is 9. The molecule has 0 saturated carbocycles. The molecule has 0 aromatic heterocycles. The van der Waals surface area contributed by atoms with Crippen molar-refractivity contribution in [3.63, 3.8) is 0 Å². The summed E-state index contributed by atoms with van der Waals surface area (Å²) in [6.07, 6.45) is 7.74. The van der Waals surface area contributed by atoms with E-state index < -0.39 is 0 Å². The number of piperidine rings is 1. The SMILES string of the molecule is CCCCN1CCC(NC(=O)C(C)CCCC(C)N)CC1. The number of likely N-dealkylation sites (tertiary alicyclic amines) is 1. The van der Waals surface area contributed by atoms with Gasteiger partial charge in [0, 0.05) is 31.1 Å². The Morgan fingerprint density at radius 1 is 1.24 bits per heavy atom. The van der Waals surface area contributed by atoms with Crippen molar-refractivity contribution < 1.29 is 4.79 Å². The lowest BCUT2D eigenvalue weighted by atomic mass is 9.99. The van der Waals surface area contributed by atoms with Crippen molar-refractivity contribution in [1.82, 2.24) is 10.2 Å². The van der Waals surface area contributed by atoms with Crippen molar-refractivity contribution in [2.24, 2.45) is 11.7 Å². The first-order valence-electron chi connectivity index (χ1n) is 8.81. The number of amides is 1. The topological polar surface area (TPSA) is 58.4 Å². The van der Waals surface area contributed by atoms with E-state index in [2.05, 4.69) is 17.1 Å². The molecule has 1 aliphatic heterocycles. The summed E-state index contributed by atoms with van der Waals surface area (Å²) < 4.78 is 0. The van der Waals surface area contributed by atoms with E-state index in [4.69, 9.17) is 5.73 Å². The highest BCUT2D eigenvalue weighted by Gasteiger charge is 2.22. The third-order valence-electron chi connectivity index (χ3n) is 4.51. The molecule has 4 nitrogen and oxygen atoms in total. The average Bonchev–Trinajstić information content (AvgIpc) is 2.46. The van der Waals surface area contributed by atoms with E-state index in [-0.39, 0.29) is 17.9 Å². The quantitative estimate of drug-likeness (QED) is 0.687. The van der Waals surface area contributed by atoms with Gasteiger partial charge >= 0.3 is 0 Å². The van der Waals surface area contributed by atoms with Crippen molar-refractivity contribution in [2.45, 2.75) is 77.8 Å². The number of nitrogens with one attached hydrogen (secondary N) is 1. The lowest BCUT2D eigenvalue weighted by molar-refractivity contribution is -0.125. The van der Waals surface area contributed by atoms with Crippen LogP contribution in [0.3, 0.4) is 0 Å². The van der Waals surface area contributed by atoms with Gasteiger partial charge in [0.25, 0.3) is 0 Å². The number of carbonyl (C=O) groups excluding carboxylic acids is 1. The van der Waals surface area contributed by atoms with Crippen LogP contribution in [0, 0.1) is 5.92 Å². The summed E-state index contributed by atoms with van der Waals surface area (Å²) >= 11 is 0. The Bertz CT molecular complexity index is 286. The Morgan fingerprint density at radius 3 is 2.48 bits per heavy atom. The minimum atomic E-state index is 0.113. The first kappa shape index (κ1) is 18.4. The fraction of sp³-hybridized carbons (Fsp3) is 0.941. The summed E-state index contributed by atoms with van der Waals surface area (Å²) in [7, 11) is 0. The molecule has 0 aliphatic carbocycles. The van der Waals surface area contributed by atoms with Gasteiger partial charge in [-0.05, 0) is 45.6 Å². The van der Waals surface area contributed by atoms with Crippen LogP contribution in [0.4, 0.5) is 0 Å². The van der Waals surface area contributed by atoms with Gasteiger partial charge in [0.1, 0.15) is 0 Å². The highest BCUT2D eigenvalue weighted by Crippen LogP contribution is 2.14. The van der Waals surface area contributed by atoms with Crippen molar-refractivity contribution >= 4 is 5.91 Å². The molecule has 1 fully saturated rings. The van der Waals surface area contributed by atoms with Crippen LogP contribution in [0.2, 0.25) is 0 Å². The molecule has 124 valence electrons. The number of carbonyl (C=O) groups is 1. The molecule has 1 amide bonds. The number of nitrogens with two attached hydrogens (primary N) is 1. The molecular formula is C17H35N3O. The molecule has 1 rings (SSSR count). The van der Waals surface area contributed by atoms with Gasteiger partial charge in [-0.2, -0.15) is 0 Å². The summed E-state index contributed by atoms with van der Waals surface area (Å²) in [4.78, 5) is 14.7. The van der Waals surface area contributed by atoms with Crippen LogP contribution in [0.1, 0.15) is 65.7 Å². The van der Waals surface area contributed by atoms with Crippen LogP contribution in [-0.2, 0) is 4.79 Å². The predicted molar refractivity (Wildman–Crippen MR) is 89.2 cm³/mol. The van der Waals surface area contributed by atoms with Gasteiger partial charge in [-0.15, -0.1) is 0 Å². The lowest BCUT2D eigenvalue weighted by Crippen LogP contribution is -2.46. The minimum Gasteiger partial charge on any atom is -0.353 e. The molecule has 0 radical (unpaired) electrons. The molecule has 2 atom stereocenters. The number of nitrogens with zero attached hydrogens (tertiary/aromatic N) is 1. The first-order chi connectivity index (χ1) is 10.0. The van der Waals surface area contributed by atoms with Crippen molar-refractivity contribution in [1.29, 1.82) is 0 Å². The van der Waals surface area contributed by atoms with Crippen LogP contribution >= 0.6 is 0 Å². The Labute approximate surface area is 130 Å². The predicted octanol–water partition coefficient (Wildman–Crippen LogP) is 2.52. The van der Waals surface area contributed by atoms with Crippen LogP contribution in [0.5, 0.6) is 0 Å². The smallest absolute Gasteiger partial charge is 0.223 e. The van der Waals surface area contributed by atoms with Gasteiger partial charge in [0.15, 0.2) is 0 Å². The van der Waals surface area contributed by atoms with Crippen LogP contribution < -0.4 is 11.1 Å². The number of hydrogen-bond acceptors (Lipinski definition) is 3. The summed E-state index contributed by atoms with van der Waals surface area (Å²) in [6, 6.07) is 0.624. The van der Waals surface area contributed by atoms with Crippen molar-refractivity contribution in [3.8, 4) is 0 Å². The maximum Gasteiger partial charge on any atom is 0.223 e. The Hall–Kier alpha value is -0.610. The van der Waals surface area contributed by atoms with E-state index in [0.717, 1.165) is 45.2 Å². The van der Waals surface area contributed by atoms with Gasteiger partial charge < -0.3 is 16.0 Å². The maximum atomic E-state index is 12.2.